The molecule has 1 aromatic heterocycles. The van der Waals surface area contributed by atoms with Crippen LogP contribution in [0.25, 0.3) is 0 Å². The van der Waals surface area contributed by atoms with Crippen molar-refractivity contribution in [2.75, 3.05) is 6.66 Å². The summed E-state index contributed by atoms with van der Waals surface area (Å²) in [7, 11) is 4.34. The molecule has 0 N–H and O–H groups in total. The molecule has 26 heavy (non-hydrogen) atoms. The molecule has 0 bridgehead atoms. The first-order valence-electron chi connectivity index (χ1n) is 7.37. The van der Waals surface area contributed by atoms with E-state index in [4.69, 9.17) is 16.5 Å². The van der Waals surface area contributed by atoms with Crippen molar-refractivity contribution in [1.82, 2.24) is 4.98 Å². The van der Waals surface area contributed by atoms with E-state index in [1.807, 2.05) is 0 Å². The fourth-order valence-corrected chi connectivity index (χ4v) is 2.57. The van der Waals surface area contributed by atoms with E-state index in [0.717, 1.165) is 31.4 Å². The molecular formula is C16H14BF3NO4P. The van der Waals surface area contributed by atoms with Gasteiger partial charge >= 0.3 is 6.18 Å². The van der Waals surface area contributed by atoms with Crippen LogP contribution >= 0.6 is 8.03 Å². The van der Waals surface area contributed by atoms with Gasteiger partial charge in [-0.05, 0) is 33.2 Å². The molecule has 0 amide bonds. The minimum Gasteiger partial charge on any atom is -0.446 e. The zero-order valence-electron chi connectivity index (χ0n) is 13.9. The van der Waals surface area contributed by atoms with Crippen LogP contribution in [0.2, 0.25) is 0 Å². The molecule has 0 saturated carbocycles. The predicted molar refractivity (Wildman–Crippen MR) is 89.1 cm³/mol. The van der Waals surface area contributed by atoms with Gasteiger partial charge in [0.15, 0.2) is 5.78 Å². The van der Waals surface area contributed by atoms with Crippen molar-refractivity contribution in [1.29, 1.82) is 0 Å². The largest absolute Gasteiger partial charge is 0.446 e. The molecule has 0 aliphatic carbocycles. The summed E-state index contributed by atoms with van der Waals surface area (Å²) in [5.41, 5.74) is -1.17. The Bertz CT molecular complexity index is 807. The van der Waals surface area contributed by atoms with Gasteiger partial charge in [0, 0.05) is 0 Å². The average molecular weight is 383 g/mol. The maximum atomic E-state index is 12.9. The number of carbonyl (C=O) groups excluding carboxylic acids is 2. The van der Waals surface area contributed by atoms with Crippen LogP contribution in [0.5, 0.6) is 0 Å². The summed E-state index contributed by atoms with van der Waals surface area (Å²) in [5, 5.41) is 0. The lowest BCUT2D eigenvalue weighted by Crippen LogP contribution is -2.21. The Morgan fingerprint density at radius 3 is 2.65 bits per heavy atom. The fourth-order valence-electron chi connectivity index (χ4n) is 2.26. The number of rotatable bonds is 7. The van der Waals surface area contributed by atoms with Crippen molar-refractivity contribution >= 4 is 27.2 Å². The SMILES string of the molecule is [B]P(C)OCc1nc(C(=O)C(C(C)=O)c2cccc(C(F)(F)F)c2)co1. The number of halogens is 3. The third kappa shape index (κ3) is 5.02. The lowest BCUT2D eigenvalue weighted by Gasteiger charge is -2.14. The van der Waals surface area contributed by atoms with E-state index in [1.54, 1.807) is 6.66 Å². The second-order valence-corrected chi connectivity index (χ2v) is 6.83. The van der Waals surface area contributed by atoms with E-state index in [1.165, 1.54) is 6.07 Å². The van der Waals surface area contributed by atoms with Crippen molar-refractivity contribution in [3.05, 3.63) is 53.2 Å². The summed E-state index contributed by atoms with van der Waals surface area (Å²) in [6, 6.07) is 4.09. The van der Waals surface area contributed by atoms with Gasteiger partial charge < -0.3 is 8.94 Å². The van der Waals surface area contributed by atoms with Gasteiger partial charge in [-0.1, -0.05) is 18.2 Å². The maximum Gasteiger partial charge on any atom is 0.416 e. The van der Waals surface area contributed by atoms with Crippen LogP contribution in [0.4, 0.5) is 13.2 Å². The molecule has 0 spiro atoms. The molecule has 2 atom stereocenters. The summed E-state index contributed by atoms with van der Waals surface area (Å²) in [6.45, 7) is 2.73. The third-order valence-corrected chi connectivity index (χ3v) is 3.95. The lowest BCUT2D eigenvalue weighted by atomic mass is 9.89. The van der Waals surface area contributed by atoms with Crippen molar-refractivity contribution in [2.45, 2.75) is 25.6 Å². The monoisotopic (exact) mass is 383 g/mol. The van der Waals surface area contributed by atoms with Crippen molar-refractivity contribution in [3.8, 4) is 0 Å². The van der Waals surface area contributed by atoms with E-state index in [2.05, 4.69) is 4.98 Å². The molecular weight excluding hydrogens is 369 g/mol. The highest BCUT2D eigenvalue weighted by atomic mass is 31.1. The molecule has 0 saturated heterocycles. The molecule has 2 rings (SSSR count). The number of aromatic nitrogens is 1. The first kappa shape index (κ1) is 20.3. The van der Waals surface area contributed by atoms with Gasteiger partial charge in [-0.2, -0.15) is 13.2 Å². The van der Waals surface area contributed by atoms with E-state index in [9.17, 15) is 22.8 Å². The maximum absolute atomic E-state index is 12.9. The number of hydrogen-bond acceptors (Lipinski definition) is 5. The van der Waals surface area contributed by atoms with Crippen LogP contribution in [-0.4, -0.2) is 30.8 Å². The fraction of sp³-hybridized carbons (Fsp3) is 0.312. The van der Waals surface area contributed by atoms with Crippen LogP contribution in [0.3, 0.4) is 0 Å². The first-order valence-corrected chi connectivity index (χ1v) is 9.14. The lowest BCUT2D eigenvalue weighted by molar-refractivity contribution is -0.137. The Hall–Kier alpha value is -1.99. The number of nitrogens with zero attached hydrogens (tertiary/aromatic N) is 1. The van der Waals surface area contributed by atoms with Gasteiger partial charge in [0.25, 0.3) is 0 Å². The Morgan fingerprint density at radius 2 is 2.08 bits per heavy atom. The number of carbonyl (C=O) groups is 2. The zero-order chi connectivity index (χ0) is 19.5. The molecule has 1 heterocycles. The highest BCUT2D eigenvalue weighted by Gasteiger charge is 2.34. The smallest absolute Gasteiger partial charge is 0.416 e. The highest BCUT2D eigenvalue weighted by molar-refractivity contribution is 7.77. The van der Waals surface area contributed by atoms with Gasteiger partial charge in [0.2, 0.25) is 5.89 Å². The van der Waals surface area contributed by atoms with Crippen LogP contribution in [0.1, 0.15) is 40.3 Å². The molecule has 0 fully saturated rings. The number of hydrogen-bond donors (Lipinski definition) is 0. The summed E-state index contributed by atoms with van der Waals surface area (Å²) < 4.78 is 48.9. The van der Waals surface area contributed by atoms with Crippen LogP contribution in [0.15, 0.2) is 34.9 Å². The van der Waals surface area contributed by atoms with Crippen LogP contribution in [-0.2, 0) is 22.1 Å². The van der Waals surface area contributed by atoms with Crippen molar-refractivity contribution in [3.63, 3.8) is 0 Å². The Kier molecular flexibility index (Phi) is 6.37. The van der Waals surface area contributed by atoms with Crippen molar-refractivity contribution < 1.29 is 31.7 Å². The standard InChI is InChI=1S/C16H14BF3NO4P/c1-9(22)14(10-4-3-5-11(6-10)16(18,19)20)15(23)12-7-24-13(21-12)8-25-26(2)17/h3-7,14H,8H2,1-2H3. The number of oxazole rings is 1. The summed E-state index contributed by atoms with van der Waals surface area (Å²) in [4.78, 5) is 28.5. The molecule has 5 nitrogen and oxygen atoms in total. The van der Waals surface area contributed by atoms with Gasteiger partial charge in [0.1, 0.15) is 37.8 Å². The van der Waals surface area contributed by atoms with Gasteiger partial charge in [-0.3, -0.25) is 9.59 Å². The highest BCUT2D eigenvalue weighted by Crippen LogP contribution is 2.32. The number of Topliss-reactive ketones (excluding diaryl/α,β-unsaturated/α-hetero) is 2. The van der Waals surface area contributed by atoms with E-state index in [0.29, 0.717) is 0 Å². The number of alkyl halides is 3. The number of ketones is 2. The Labute approximate surface area is 150 Å². The molecule has 136 valence electrons. The van der Waals surface area contributed by atoms with Crippen LogP contribution < -0.4 is 0 Å². The molecule has 2 radical (unpaired) electrons. The molecule has 0 aliphatic heterocycles. The second-order valence-electron chi connectivity index (χ2n) is 5.48. The molecule has 1 aromatic carbocycles. The third-order valence-electron chi connectivity index (χ3n) is 3.41. The Morgan fingerprint density at radius 1 is 1.38 bits per heavy atom. The molecule has 2 unspecified atom stereocenters. The Balaban J connectivity index is 2.30. The van der Waals surface area contributed by atoms with Gasteiger partial charge in [-0.15, -0.1) is 0 Å². The second kappa shape index (κ2) is 8.14. The van der Waals surface area contributed by atoms with Gasteiger partial charge in [0.05, 0.1) is 5.56 Å². The average Bonchev–Trinajstić information content (AvgIpc) is 3.01. The summed E-state index contributed by atoms with van der Waals surface area (Å²) in [6.07, 6.45) is -3.54. The van der Waals surface area contributed by atoms with Crippen LogP contribution in [0, 0.1) is 0 Å². The molecule has 0 aliphatic rings. The van der Waals surface area contributed by atoms with Gasteiger partial charge in [-0.25, -0.2) is 4.98 Å². The van der Waals surface area contributed by atoms with E-state index >= 15 is 0 Å². The zero-order valence-corrected chi connectivity index (χ0v) is 14.8. The molecule has 2 aromatic rings. The molecule has 10 heteroatoms. The van der Waals surface area contributed by atoms with E-state index in [-0.39, 0.29) is 23.8 Å². The minimum absolute atomic E-state index is 0.0553. The quantitative estimate of drug-likeness (QED) is 0.314. The normalized spacial score (nSPS) is 14.0. The van der Waals surface area contributed by atoms with Crippen molar-refractivity contribution in [2.24, 2.45) is 0 Å². The number of benzene rings is 1. The predicted octanol–water partition coefficient (Wildman–Crippen LogP) is 3.88. The summed E-state index contributed by atoms with van der Waals surface area (Å²) >= 11 is 0. The van der Waals surface area contributed by atoms with E-state index < -0.39 is 37.3 Å². The topological polar surface area (TPSA) is 69.4 Å². The summed E-state index contributed by atoms with van der Waals surface area (Å²) in [5.74, 6) is -2.68. The first-order chi connectivity index (χ1) is 12.1. The minimum atomic E-state index is -4.58.